The Morgan fingerprint density at radius 3 is 2.88 bits per heavy atom. The molecule has 1 atom stereocenters. The summed E-state index contributed by atoms with van der Waals surface area (Å²) in [4.78, 5) is 4.10. The van der Waals surface area contributed by atoms with Crippen molar-refractivity contribution in [2.75, 3.05) is 12.0 Å². The lowest BCUT2D eigenvalue weighted by Crippen LogP contribution is -2.22. The minimum absolute atomic E-state index is 0.0662. The van der Waals surface area contributed by atoms with Crippen LogP contribution in [0.1, 0.15) is 31.5 Å². The summed E-state index contributed by atoms with van der Waals surface area (Å²) in [6.07, 6.45) is 7.26. The van der Waals surface area contributed by atoms with E-state index in [1.165, 1.54) is 19.1 Å². The lowest BCUT2D eigenvalue weighted by molar-refractivity contribution is 0.535. The molecule has 5 nitrogen and oxygen atoms in total. The Hall–Kier alpha value is -0.880. The fourth-order valence-electron chi connectivity index (χ4n) is 1.92. The third-order valence-electron chi connectivity index (χ3n) is 2.91. The average molecular weight is 257 g/mol. The molecular weight excluding hydrogens is 238 g/mol. The van der Waals surface area contributed by atoms with Crippen LogP contribution in [0.4, 0.5) is 0 Å². The van der Waals surface area contributed by atoms with Crippen molar-refractivity contribution in [3.8, 4) is 0 Å². The van der Waals surface area contributed by atoms with E-state index in [0.717, 1.165) is 12.2 Å². The minimum atomic E-state index is -2.95. The van der Waals surface area contributed by atoms with Crippen molar-refractivity contribution in [2.24, 2.45) is 0 Å². The van der Waals surface area contributed by atoms with Crippen LogP contribution in [0.2, 0.25) is 0 Å². The molecule has 1 aromatic rings. The first kappa shape index (κ1) is 12.6. The van der Waals surface area contributed by atoms with E-state index in [0.29, 0.717) is 6.04 Å². The number of imidazole rings is 1. The average Bonchev–Trinajstić information content (AvgIpc) is 2.90. The Kier molecular flexibility index (Phi) is 3.53. The molecule has 17 heavy (non-hydrogen) atoms. The first-order valence-corrected chi connectivity index (χ1v) is 7.93. The molecule has 0 bridgehead atoms. The van der Waals surface area contributed by atoms with Gasteiger partial charge in [0.15, 0.2) is 0 Å². The SMILES string of the molecule is CC(CS(C)(=O)=O)n1cncc1CNC1CC1. The highest BCUT2D eigenvalue weighted by Crippen LogP contribution is 2.20. The highest BCUT2D eigenvalue weighted by molar-refractivity contribution is 7.90. The smallest absolute Gasteiger partial charge is 0.149 e. The van der Waals surface area contributed by atoms with Crippen molar-refractivity contribution in [3.05, 3.63) is 18.2 Å². The fraction of sp³-hybridized carbons (Fsp3) is 0.727. The second-order valence-corrected chi connectivity index (χ2v) is 7.07. The maximum Gasteiger partial charge on any atom is 0.149 e. The zero-order valence-corrected chi connectivity index (χ0v) is 11.1. The fourth-order valence-corrected chi connectivity index (χ4v) is 2.96. The summed E-state index contributed by atoms with van der Waals surface area (Å²) in [6, 6.07) is 0.576. The Morgan fingerprint density at radius 1 is 1.59 bits per heavy atom. The molecule has 1 N–H and O–H groups in total. The third-order valence-corrected chi connectivity index (χ3v) is 4.00. The van der Waals surface area contributed by atoms with E-state index >= 15 is 0 Å². The van der Waals surface area contributed by atoms with Crippen LogP contribution in [0, 0.1) is 0 Å². The summed E-state index contributed by atoms with van der Waals surface area (Å²) in [6.45, 7) is 2.67. The standard InChI is InChI=1S/C11H19N3O2S/c1-9(7-17(2,15)16)14-8-12-5-11(14)6-13-10-3-4-10/h5,8-10,13H,3-4,6-7H2,1-2H3. The third kappa shape index (κ3) is 3.81. The number of aromatic nitrogens is 2. The van der Waals surface area contributed by atoms with Gasteiger partial charge in [0.25, 0.3) is 0 Å². The van der Waals surface area contributed by atoms with Crippen molar-refractivity contribution in [1.29, 1.82) is 0 Å². The second-order valence-electron chi connectivity index (χ2n) is 4.89. The summed E-state index contributed by atoms with van der Waals surface area (Å²) >= 11 is 0. The zero-order chi connectivity index (χ0) is 12.5. The molecule has 1 saturated carbocycles. The van der Waals surface area contributed by atoms with Crippen LogP contribution < -0.4 is 5.32 Å². The molecule has 0 amide bonds. The second kappa shape index (κ2) is 4.78. The van der Waals surface area contributed by atoms with Gasteiger partial charge in [-0.15, -0.1) is 0 Å². The molecule has 0 aliphatic heterocycles. The van der Waals surface area contributed by atoms with Crippen LogP contribution in [-0.2, 0) is 16.4 Å². The predicted octanol–water partition coefficient (Wildman–Crippen LogP) is 0.741. The van der Waals surface area contributed by atoms with Gasteiger partial charge in [0, 0.05) is 31.1 Å². The Morgan fingerprint density at radius 2 is 2.29 bits per heavy atom. The molecule has 96 valence electrons. The van der Waals surface area contributed by atoms with E-state index in [1.54, 1.807) is 12.5 Å². The summed E-state index contributed by atoms with van der Waals surface area (Å²) in [5, 5.41) is 3.41. The number of rotatable bonds is 6. The van der Waals surface area contributed by atoms with Crippen molar-refractivity contribution < 1.29 is 8.42 Å². The minimum Gasteiger partial charge on any atom is -0.330 e. The molecule has 0 radical (unpaired) electrons. The molecule has 1 aliphatic carbocycles. The van der Waals surface area contributed by atoms with Crippen molar-refractivity contribution in [3.63, 3.8) is 0 Å². The number of nitrogens with one attached hydrogen (secondary N) is 1. The van der Waals surface area contributed by atoms with Gasteiger partial charge < -0.3 is 9.88 Å². The van der Waals surface area contributed by atoms with Gasteiger partial charge in [-0.3, -0.25) is 0 Å². The molecule has 1 aliphatic rings. The maximum absolute atomic E-state index is 11.3. The van der Waals surface area contributed by atoms with E-state index in [9.17, 15) is 8.42 Å². The van der Waals surface area contributed by atoms with Gasteiger partial charge >= 0.3 is 0 Å². The van der Waals surface area contributed by atoms with Crippen molar-refractivity contribution in [2.45, 2.75) is 38.4 Å². The lowest BCUT2D eigenvalue weighted by atomic mass is 10.3. The molecule has 0 saturated heterocycles. The van der Waals surface area contributed by atoms with E-state index < -0.39 is 9.84 Å². The van der Waals surface area contributed by atoms with Gasteiger partial charge in [0.2, 0.25) is 0 Å². The first-order chi connectivity index (χ1) is 7.96. The molecule has 0 spiro atoms. The van der Waals surface area contributed by atoms with Gasteiger partial charge in [-0.05, 0) is 19.8 Å². The van der Waals surface area contributed by atoms with Gasteiger partial charge in [-0.25, -0.2) is 13.4 Å². The van der Waals surface area contributed by atoms with Crippen LogP contribution in [0.5, 0.6) is 0 Å². The van der Waals surface area contributed by atoms with Crippen LogP contribution in [0.25, 0.3) is 0 Å². The summed E-state index contributed by atoms with van der Waals surface area (Å²) < 4.78 is 24.5. The summed E-state index contributed by atoms with van der Waals surface area (Å²) in [7, 11) is -2.95. The highest BCUT2D eigenvalue weighted by Gasteiger charge is 2.21. The molecule has 1 fully saturated rings. The normalized spacial score (nSPS) is 18.2. The number of nitrogens with zero attached hydrogens (tertiary/aromatic N) is 2. The zero-order valence-electron chi connectivity index (χ0n) is 10.3. The predicted molar refractivity (Wildman–Crippen MR) is 66.5 cm³/mol. The molecule has 0 aromatic carbocycles. The molecule has 1 heterocycles. The highest BCUT2D eigenvalue weighted by atomic mass is 32.2. The topological polar surface area (TPSA) is 64.0 Å². The molecule has 1 unspecified atom stereocenters. The van der Waals surface area contributed by atoms with Crippen LogP contribution >= 0.6 is 0 Å². The van der Waals surface area contributed by atoms with Crippen LogP contribution in [0.3, 0.4) is 0 Å². The first-order valence-electron chi connectivity index (χ1n) is 5.87. The lowest BCUT2D eigenvalue weighted by Gasteiger charge is -2.15. The van der Waals surface area contributed by atoms with Crippen LogP contribution in [-0.4, -0.2) is 36.0 Å². The Labute approximate surface area is 102 Å². The van der Waals surface area contributed by atoms with Gasteiger partial charge in [-0.2, -0.15) is 0 Å². The molecule has 2 rings (SSSR count). The number of hydrogen-bond acceptors (Lipinski definition) is 4. The number of hydrogen-bond donors (Lipinski definition) is 1. The van der Waals surface area contributed by atoms with Crippen LogP contribution in [0.15, 0.2) is 12.5 Å². The Balaban J connectivity index is 2.01. The van der Waals surface area contributed by atoms with E-state index in [4.69, 9.17) is 0 Å². The van der Waals surface area contributed by atoms with Gasteiger partial charge in [0.1, 0.15) is 9.84 Å². The van der Waals surface area contributed by atoms with E-state index in [-0.39, 0.29) is 11.8 Å². The van der Waals surface area contributed by atoms with Crippen molar-refractivity contribution >= 4 is 9.84 Å². The monoisotopic (exact) mass is 257 g/mol. The molecular formula is C11H19N3O2S. The summed E-state index contributed by atoms with van der Waals surface area (Å²) in [5.74, 6) is 0.153. The van der Waals surface area contributed by atoms with Gasteiger partial charge in [-0.1, -0.05) is 0 Å². The number of sulfone groups is 1. The largest absolute Gasteiger partial charge is 0.330 e. The summed E-state index contributed by atoms with van der Waals surface area (Å²) in [5.41, 5.74) is 1.05. The molecule has 1 aromatic heterocycles. The maximum atomic E-state index is 11.3. The Bertz CT molecular complexity index is 477. The van der Waals surface area contributed by atoms with E-state index in [2.05, 4.69) is 10.3 Å². The van der Waals surface area contributed by atoms with E-state index in [1.807, 2.05) is 11.5 Å². The van der Waals surface area contributed by atoms with Crippen molar-refractivity contribution in [1.82, 2.24) is 14.9 Å². The van der Waals surface area contributed by atoms with Gasteiger partial charge in [0.05, 0.1) is 17.8 Å². The molecule has 6 heteroatoms. The quantitative estimate of drug-likeness (QED) is 0.816.